The van der Waals surface area contributed by atoms with E-state index in [4.69, 9.17) is 4.74 Å². The zero-order chi connectivity index (χ0) is 15.9. The van der Waals surface area contributed by atoms with Gasteiger partial charge in [0.2, 0.25) is 5.75 Å². The molecule has 0 spiro atoms. The summed E-state index contributed by atoms with van der Waals surface area (Å²) < 4.78 is 6.64. The molecule has 0 bridgehead atoms. The fourth-order valence-electron chi connectivity index (χ4n) is 2.04. The van der Waals surface area contributed by atoms with Crippen LogP contribution in [0.15, 0.2) is 29.8 Å². The van der Waals surface area contributed by atoms with Crippen molar-refractivity contribution in [3.8, 4) is 11.6 Å². The van der Waals surface area contributed by atoms with Crippen LogP contribution in [-0.2, 0) is 0 Å². The van der Waals surface area contributed by atoms with Gasteiger partial charge in [-0.3, -0.25) is 10.1 Å². The smallest absolute Gasteiger partial charge is 0.393 e. The lowest BCUT2D eigenvalue weighted by Gasteiger charge is -2.05. The van der Waals surface area contributed by atoms with Gasteiger partial charge in [0.15, 0.2) is 0 Å². The standard InChI is InChI=1S/C12H8N4O5S/c1-7-3-2-4-8(9(7)15(17)18)21-10-11(16(19)20)14-5-6-22-12(14)13-10/h2-6H,1H3. The molecule has 0 amide bonds. The van der Waals surface area contributed by atoms with Crippen molar-refractivity contribution in [2.45, 2.75) is 6.92 Å². The second-order valence-corrected chi connectivity index (χ2v) is 5.21. The molecule has 0 aliphatic rings. The SMILES string of the molecule is Cc1cccc(Oc2nc3sccn3c2[N+](=O)[O-])c1[N+](=O)[O-]. The highest BCUT2D eigenvalue weighted by molar-refractivity contribution is 7.15. The molecule has 112 valence electrons. The Labute approximate surface area is 126 Å². The predicted octanol–water partition coefficient (Wildman–Crippen LogP) is 3.31. The van der Waals surface area contributed by atoms with Crippen LogP contribution in [-0.4, -0.2) is 19.2 Å². The zero-order valence-electron chi connectivity index (χ0n) is 11.1. The van der Waals surface area contributed by atoms with Crippen molar-refractivity contribution in [3.05, 3.63) is 55.6 Å². The number of nitrogens with zero attached hydrogens (tertiary/aromatic N) is 4. The maximum absolute atomic E-state index is 11.2. The maximum atomic E-state index is 11.2. The Bertz CT molecular complexity index is 900. The minimum atomic E-state index is -0.635. The number of hydrogen-bond donors (Lipinski definition) is 0. The van der Waals surface area contributed by atoms with Crippen molar-refractivity contribution in [2.24, 2.45) is 0 Å². The quantitative estimate of drug-likeness (QED) is 0.538. The van der Waals surface area contributed by atoms with Gasteiger partial charge < -0.3 is 14.9 Å². The lowest BCUT2D eigenvalue weighted by molar-refractivity contribution is -0.391. The highest BCUT2D eigenvalue weighted by atomic mass is 32.1. The maximum Gasteiger partial charge on any atom is 0.393 e. The molecule has 0 saturated carbocycles. The average Bonchev–Trinajstić information content (AvgIpc) is 2.97. The molecule has 0 unspecified atom stereocenters. The van der Waals surface area contributed by atoms with Crippen molar-refractivity contribution < 1.29 is 14.6 Å². The molecular formula is C12H8N4O5S. The van der Waals surface area contributed by atoms with Gasteiger partial charge in [-0.2, -0.15) is 9.38 Å². The van der Waals surface area contributed by atoms with Gasteiger partial charge in [-0.05, 0) is 17.9 Å². The minimum Gasteiger partial charge on any atom is -0.425 e. The first-order chi connectivity index (χ1) is 10.5. The van der Waals surface area contributed by atoms with Crippen LogP contribution in [0.1, 0.15) is 5.56 Å². The highest BCUT2D eigenvalue weighted by Gasteiger charge is 2.28. The summed E-state index contributed by atoms with van der Waals surface area (Å²) in [6, 6.07) is 4.51. The van der Waals surface area contributed by atoms with Crippen molar-refractivity contribution in [1.82, 2.24) is 9.38 Å². The summed E-state index contributed by atoms with van der Waals surface area (Å²) in [5.74, 6) is -0.726. The first-order valence-electron chi connectivity index (χ1n) is 6.01. The molecule has 0 saturated heterocycles. The second-order valence-electron chi connectivity index (χ2n) is 4.33. The van der Waals surface area contributed by atoms with Crippen LogP contribution in [0.2, 0.25) is 0 Å². The van der Waals surface area contributed by atoms with E-state index < -0.39 is 9.85 Å². The summed E-state index contributed by atoms with van der Waals surface area (Å²) in [6.07, 6.45) is 1.49. The Balaban J connectivity index is 2.13. The topological polar surface area (TPSA) is 113 Å². The number of rotatable bonds is 4. The molecule has 2 aromatic heterocycles. The van der Waals surface area contributed by atoms with E-state index in [-0.39, 0.29) is 23.1 Å². The van der Waals surface area contributed by atoms with E-state index in [1.54, 1.807) is 24.4 Å². The van der Waals surface area contributed by atoms with Gasteiger partial charge in [-0.15, -0.1) is 0 Å². The Kier molecular flexibility index (Phi) is 3.22. The molecular weight excluding hydrogens is 312 g/mol. The van der Waals surface area contributed by atoms with Crippen LogP contribution >= 0.6 is 11.3 Å². The van der Waals surface area contributed by atoms with Gasteiger partial charge in [0.25, 0.3) is 4.96 Å². The number of nitro groups is 2. The predicted molar refractivity (Wildman–Crippen MR) is 77.6 cm³/mol. The number of nitro benzene ring substituents is 1. The normalized spacial score (nSPS) is 10.8. The molecule has 0 aliphatic carbocycles. The van der Waals surface area contributed by atoms with E-state index in [2.05, 4.69) is 4.98 Å². The van der Waals surface area contributed by atoms with Crippen molar-refractivity contribution in [3.63, 3.8) is 0 Å². The molecule has 10 heteroatoms. The minimum absolute atomic E-state index is 0.0844. The number of ether oxygens (including phenoxy) is 1. The molecule has 3 aromatic rings. The average molecular weight is 320 g/mol. The summed E-state index contributed by atoms with van der Waals surface area (Å²) in [5.41, 5.74) is 0.152. The number of thiazole rings is 1. The third kappa shape index (κ3) is 2.15. The highest BCUT2D eigenvalue weighted by Crippen LogP contribution is 2.38. The van der Waals surface area contributed by atoms with Gasteiger partial charge in [0.05, 0.1) is 4.92 Å². The molecule has 0 aliphatic heterocycles. The van der Waals surface area contributed by atoms with Gasteiger partial charge in [-0.25, -0.2) is 0 Å². The van der Waals surface area contributed by atoms with Gasteiger partial charge in [0.1, 0.15) is 6.20 Å². The largest absolute Gasteiger partial charge is 0.425 e. The molecule has 0 radical (unpaired) electrons. The molecule has 3 rings (SSSR count). The summed E-state index contributed by atoms with van der Waals surface area (Å²) in [6.45, 7) is 1.56. The van der Waals surface area contributed by atoms with Crippen LogP contribution < -0.4 is 4.74 Å². The zero-order valence-corrected chi connectivity index (χ0v) is 11.9. The number of imidazole rings is 1. The Hall–Kier alpha value is -3.01. The molecule has 0 atom stereocenters. The van der Waals surface area contributed by atoms with Crippen LogP contribution in [0.3, 0.4) is 0 Å². The van der Waals surface area contributed by atoms with Crippen molar-refractivity contribution >= 4 is 27.8 Å². The lowest BCUT2D eigenvalue weighted by atomic mass is 10.2. The van der Waals surface area contributed by atoms with E-state index in [0.717, 1.165) is 0 Å². The van der Waals surface area contributed by atoms with Crippen molar-refractivity contribution in [1.29, 1.82) is 0 Å². The molecule has 0 N–H and O–H groups in total. The Morgan fingerprint density at radius 2 is 2.05 bits per heavy atom. The summed E-state index contributed by atoms with van der Waals surface area (Å²) >= 11 is 1.20. The van der Waals surface area contributed by atoms with E-state index in [9.17, 15) is 20.2 Å². The number of aromatic nitrogens is 2. The molecule has 22 heavy (non-hydrogen) atoms. The van der Waals surface area contributed by atoms with Crippen LogP contribution in [0.4, 0.5) is 11.5 Å². The fourth-order valence-corrected chi connectivity index (χ4v) is 2.74. The van der Waals surface area contributed by atoms with Crippen LogP contribution in [0.5, 0.6) is 11.6 Å². The molecule has 0 fully saturated rings. The second kappa shape index (κ2) is 5.07. The Morgan fingerprint density at radius 1 is 1.27 bits per heavy atom. The number of hydrogen-bond acceptors (Lipinski definition) is 7. The van der Waals surface area contributed by atoms with Gasteiger partial charge in [-0.1, -0.05) is 23.5 Å². The summed E-state index contributed by atoms with van der Waals surface area (Å²) in [4.78, 5) is 25.5. The number of fused-ring (bicyclic) bond motifs is 1. The first kappa shape index (κ1) is 13.9. The van der Waals surface area contributed by atoms with E-state index in [1.165, 1.54) is 28.0 Å². The fraction of sp³-hybridized carbons (Fsp3) is 0.0833. The third-order valence-corrected chi connectivity index (χ3v) is 3.73. The van der Waals surface area contributed by atoms with Crippen LogP contribution in [0.25, 0.3) is 4.96 Å². The monoisotopic (exact) mass is 320 g/mol. The summed E-state index contributed by atoms with van der Waals surface area (Å²) in [7, 11) is 0. The number of benzene rings is 1. The van der Waals surface area contributed by atoms with Crippen LogP contribution in [0, 0.1) is 27.2 Å². The van der Waals surface area contributed by atoms with Gasteiger partial charge >= 0.3 is 17.4 Å². The van der Waals surface area contributed by atoms with E-state index in [1.807, 2.05) is 0 Å². The molecule has 9 nitrogen and oxygen atoms in total. The van der Waals surface area contributed by atoms with Gasteiger partial charge in [0, 0.05) is 10.9 Å². The first-order valence-corrected chi connectivity index (χ1v) is 6.89. The van der Waals surface area contributed by atoms with E-state index in [0.29, 0.717) is 10.5 Å². The van der Waals surface area contributed by atoms with Crippen molar-refractivity contribution in [2.75, 3.05) is 0 Å². The third-order valence-electron chi connectivity index (χ3n) is 2.97. The summed E-state index contributed by atoms with van der Waals surface area (Å²) in [5, 5.41) is 24.0. The molecule has 1 aromatic carbocycles. The Morgan fingerprint density at radius 3 is 2.73 bits per heavy atom. The number of para-hydroxylation sites is 1. The lowest BCUT2D eigenvalue weighted by Crippen LogP contribution is -1.98. The van der Waals surface area contributed by atoms with E-state index >= 15 is 0 Å². The molecule has 2 heterocycles. The number of aryl methyl sites for hydroxylation is 1.